The summed E-state index contributed by atoms with van der Waals surface area (Å²) in [6.07, 6.45) is 0. The summed E-state index contributed by atoms with van der Waals surface area (Å²) < 4.78 is 9.08. The molecule has 1 aliphatic carbocycles. The smallest absolute Gasteiger partial charge is 0.198 e. The van der Waals surface area contributed by atoms with Crippen molar-refractivity contribution in [1.82, 2.24) is 4.57 Å². The summed E-state index contributed by atoms with van der Waals surface area (Å²) in [4.78, 5) is 0. The number of fused-ring (bicyclic) bond motifs is 12. The Bertz CT molecular complexity index is 3350. The van der Waals surface area contributed by atoms with E-state index in [9.17, 15) is 0 Å². The lowest BCUT2D eigenvalue weighted by Crippen LogP contribution is -2.37. The number of hydrogen-bond acceptors (Lipinski definition) is 2. The third kappa shape index (κ3) is 4.56. The molecule has 1 aliphatic heterocycles. The lowest BCUT2D eigenvalue weighted by Gasteiger charge is -2.25. The zero-order chi connectivity index (χ0) is 38.4. The molecule has 4 heteroatoms. The van der Waals surface area contributed by atoms with Crippen LogP contribution < -0.4 is 16.2 Å². The second-order valence-corrected chi connectivity index (χ2v) is 17.7. The summed E-state index contributed by atoms with van der Waals surface area (Å²) in [5.41, 5.74) is 19.1. The molecule has 1 N–H and O–H groups in total. The van der Waals surface area contributed by atoms with E-state index in [1.807, 2.05) is 0 Å². The summed E-state index contributed by atoms with van der Waals surface area (Å²) >= 11 is 0. The fourth-order valence-electron chi connectivity index (χ4n) is 10.1. The van der Waals surface area contributed by atoms with E-state index >= 15 is 0 Å². The van der Waals surface area contributed by atoms with Crippen molar-refractivity contribution in [2.24, 2.45) is 0 Å². The average Bonchev–Trinajstić information content (AvgIpc) is 3.82. The number of hydrogen-bond donors (Lipinski definition) is 1. The fraction of sp³-hybridized carbons (Fsp3) is 0.132. The van der Waals surface area contributed by atoms with Crippen LogP contribution in [-0.4, -0.2) is 11.8 Å². The first-order valence-corrected chi connectivity index (χ1v) is 20.1. The standard InChI is InChI=1S/C53H40BN2O/c1-52(2,3)31-19-21-32(22-20-31)55-44-25-18-30-12-6-7-13-33(30)49(44)37-24-23-36-39-26-38-34-14-8-10-16-41(34)53(4,5)42(38)28-45(39)56-46-27-40-35-15-9-11-17-47(35)57-48(40)29-43(46)54-50(37)51(36)56/h6-29,55H,1-5H3. The molecule has 0 bridgehead atoms. The Balaban J connectivity index is 1.16. The van der Waals surface area contributed by atoms with Crippen molar-refractivity contribution in [3.05, 3.63) is 162 Å². The molecule has 12 rings (SSSR count). The van der Waals surface area contributed by atoms with Gasteiger partial charge >= 0.3 is 0 Å². The number of furan rings is 1. The van der Waals surface area contributed by atoms with Crippen LogP contribution in [0.3, 0.4) is 0 Å². The number of para-hydroxylation sites is 1. The summed E-state index contributed by atoms with van der Waals surface area (Å²) in [5.74, 6) is 0. The van der Waals surface area contributed by atoms with E-state index in [0.717, 1.165) is 38.8 Å². The topological polar surface area (TPSA) is 30.1 Å². The quantitative estimate of drug-likeness (QED) is 0.183. The number of nitrogens with one attached hydrogen (secondary N) is 1. The van der Waals surface area contributed by atoms with Crippen molar-refractivity contribution in [3.63, 3.8) is 0 Å². The second kappa shape index (κ2) is 11.3. The molecule has 0 unspecified atom stereocenters. The van der Waals surface area contributed by atoms with Gasteiger partial charge in [-0.1, -0.05) is 137 Å². The van der Waals surface area contributed by atoms with Crippen LogP contribution in [0.4, 0.5) is 11.4 Å². The SMILES string of the molecule is CC(C)(C)c1ccc(Nc2ccc3ccccc3c2-c2ccc3c4cc5c(cc4n4c3c2[B]c2cc3oc6ccccc6c3cc2-4)C(C)(C)c2ccccc2-5)cc1. The van der Waals surface area contributed by atoms with Gasteiger partial charge in [0.15, 0.2) is 7.28 Å². The molecule has 1 radical (unpaired) electrons. The van der Waals surface area contributed by atoms with Gasteiger partial charge in [-0.05, 0) is 104 Å². The highest BCUT2D eigenvalue weighted by atomic mass is 16.3. The summed E-state index contributed by atoms with van der Waals surface area (Å²) in [6, 6.07) is 53.9. The van der Waals surface area contributed by atoms with E-state index in [4.69, 9.17) is 4.42 Å². The number of nitrogens with zero attached hydrogens (tertiary/aromatic N) is 1. The van der Waals surface area contributed by atoms with E-state index in [0.29, 0.717) is 0 Å². The predicted octanol–water partition coefficient (Wildman–Crippen LogP) is 12.8. The molecule has 0 atom stereocenters. The molecule has 0 saturated heterocycles. The molecule has 3 heterocycles. The first-order chi connectivity index (χ1) is 27.6. The molecular weight excluding hydrogens is 691 g/mol. The fourth-order valence-corrected chi connectivity index (χ4v) is 10.1. The van der Waals surface area contributed by atoms with Gasteiger partial charge in [-0.2, -0.15) is 0 Å². The van der Waals surface area contributed by atoms with Gasteiger partial charge < -0.3 is 14.3 Å². The molecule has 271 valence electrons. The highest BCUT2D eigenvalue weighted by Crippen LogP contribution is 2.51. The van der Waals surface area contributed by atoms with Crippen LogP contribution in [0.5, 0.6) is 0 Å². The Morgan fingerprint density at radius 3 is 2.21 bits per heavy atom. The Morgan fingerprint density at radius 1 is 0.596 bits per heavy atom. The molecular formula is C53H40BN2O. The molecule has 57 heavy (non-hydrogen) atoms. The number of benzene rings is 8. The van der Waals surface area contributed by atoms with Gasteiger partial charge in [0.25, 0.3) is 0 Å². The Morgan fingerprint density at radius 2 is 1.37 bits per heavy atom. The van der Waals surface area contributed by atoms with Crippen molar-refractivity contribution >= 4 is 84.1 Å². The highest BCUT2D eigenvalue weighted by Gasteiger charge is 2.37. The number of anilines is 2. The van der Waals surface area contributed by atoms with Crippen LogP contribution in [0.1, 0.15) is 51.3 Å². The van der Waals surface area contributed by atoms with Crippen LogP contribution >= 0.6 is 0 Å². The second-order valence-electron chi connectivity index (χ2n) is 17.7. The van der Waals surface area contributed by atoms with Crippen molar-refractivity contribution in [3.8, 4) is 27.9 Å². The number of rotatable bonds is 3. The summed E-state index contributed by atoms with van der Waals surface area (Å²) in [7, 11) is 2.41. The zero-order valence-electron chi connectivity index (χ0n) is 32.8. The van der Waals surface area contributed by atoms with Gasteiger partial charge in [0.05, 0.1) is 5.52 Å². The first-order valence-electron chi connectivity index (χ1n) is 20.1. The van der Waals surface area contributed by atoms with E-state index in [1.165, 1.54) is 82.7 Å². The van der Waals surface area contributed by atoms with Gasteiger partial charge in [0.2, 0.25) is 0 Å². The maximum Gasteiger partial charge on any atom is 0.198 e. The van der Waals surface area contributed by atoms with E-state index in [-0.39, 0.29) is 10.8 Å². The maximum absolute atomic E-state index is 6.52. The Hall–Kier alpha value is -6.52. The monoisotopic (exact) mass is 731 g/mol. The van der Waals surface area contributed by atoms with Crippen molar-refractivity contribution < 1.29 is 4.42 Å². The van der Waals surface area contributed by atoms with Crippen molar-refractivity contribution in [2.75, 3.05) is 5.32 Å². The lowest BCUT2D eigenvalue weighted by molar-refractivity contribution is 0.590. The lowest BCUT2D eigenvalue weighted by atomic mass is 9.59. The Kier molecular flexibility index (Phi) is 6.48. The van der Waals surface area contributed by atoms with Gasteiger partial charge in [-0.15, -0.1) is 0 Å². The molecule has 0 amide bonds. The molecule has 10 aromatic rings. The summed E-state index contributed by atoms with van der Waals surface area (Å²) in [6.45, 7) is 11.5. The molecule has 8 aromatic carbocycles. The van der Waals surface area contributed by atoms with Gasteiger partial charge in [0, 0.05) is 55.1 Å². The molecule has 2 aromatic heterocycles. The van der Waals surface area contributed by atoms with Crippen LogP contribution in [0.25, 0.3) is 82.5 Å². The largest absolute Gasteiger partial charge is 0.456 e. The minimum atomic E-state index is -0.117. The van der Waals surface area contributed by atoms with Gasteiger partial charge in [0.1, 0.15) is 11.2 Å². The molecule has 0 saturated carbocycles. The van der Waals surface area contributed by atoms with Crippen molar-refractivity contribution in [1.29, 1.82) is 0 Å². The van der Waals surface area contributed by atoms with Crippen LogP contribution in [-0.2, 0) is 10.8 Å². The minimum Gasteiger partial charge on any atom is -0.456 e. The third-order valence-electron chi connectivity index (χ3n) is 13.0. The first kappa shape index (κ1) is 32.7. The van der Waals surface area contributed by atoms with Gasteiger partial charge in [-0.3, -0.25) is 0 Å². The Labute approximate surface area is 332 Å². The average molecular weight is 732 g/mol. The van der Waals surface area contributed by atoms with Gasteiger partial charge in [-0.25, -0.2) is 0 Å². The molecule has 0 spiro atoms. The predicted molar refractivity (Wildman–Crippen MR) is 242 cm³/mol. The highest BCUT2D eigenvalue weighted by molar-refractivity contribution is 6.74. The van der Waals surface area contributed by atoms with Crippen LogP contribution in [0.2, 0.25) is 0 Å². The molecule has 2 aliphatic rings. The zero-order valence-corrected chi connectivity index (χ0v) is 32.8. The van der Waals surface area contributed by atoms with Crippen LogP contribution in [0, 0.1) is 0 Å². The van der Waals surface area contributed by atoms with Crippen LogP contribution in [0.15, 0.2) is 150 Å². The normalized spacial score (nSPS) is 14.0. The van der Waals surface area contributed by atoms with E-state index in [2.05, 4.69) is 197 Å². The number of aromatic nitrogens is 1. The minimum absolute atomic E-state index is 0.0858. The molecule has 0 fully saturated rings. The van der Waals surface area contributed by atoms with E-state index in [1.54, 1.807) is 0 Å². The summed E-state index contributed by atoms with van der Waals surface area (Å²) in [5, 5.41) is 11.1. The van der Waals surface area contributed by atoms with Crippen molar-refractivity contribution in [2.45, 2.75) is 45.4 Å². The van der Waals surface area contributed by atoms with E-state index < -0.39 is 0 Å². The third-order valence-corrected chi connectivity index (χ3v) is 13.0. The maximum atomic E-state index is 6.52. The molecule has 3 nitrogen and oxygen atoms in total.